The molecule has 20 heavy (non-hydrogen) atoms. The summed E-state index contributed by atoms with van der Waals surface area (Å²) in [5.41, 5.74) is 1.84. The first kappa shape index (κ1) is 12.9. The molecule has 0 saturated carbocycles. The average molecular weight is 269 g/mol. The molecule has 2 aromatic carbocycles. The van der Waals surface area contributed by atoms with E-state index in [0.717, 1.165) is 23.3 Å². The molecule has 3 aromatic rings. The van der Waals surface area contributed by atoms with Crippen LogP contribution in [0.4, 0.5) is 4.39 Å². The first-order valence-electron chi connectivity index (χ1n) is 6.75. The van der Waals surface area contributed by atoms with Crippen molar-refractivity contribution in [1.82, 2.24) is 5.32 Å². The molecule has 0 radical (unpaired) electrons. The van der Waals surface area contributed by atoms with Crippen molar-refractivity contribution in [2.24, 2.45) is 0 Å². The van der Waals surface area contributed by atoms with E-state index in [1.165, 1.54) is 12.1 Å². The molecule has 0 aliphatic heterocycles. The van der Waals surface area contributed by atoms with Crippen molar-refractivity contribution in [3.05, 3.63) is 71.7 Å². The van der Waals surface area contributed by atoms with Gasteiger partial charge in [-0.15, -0.1) is 0 Å². The van der Waals surface area contributed by atoms with Gasteiger partial charge in [0.1, 0.15) is 17.2 Å². The third kappa shape index (κ3) is 2.45. The van der Waals surface area contributed by atoms with Gasteiger partial charge in [0, 0.05) is 5.39 Å². The lowest BCUT2D eigenvalue weighted by atomic mass is 10.0. The van der Waals surface area contributed by atoms with Crippen LogP contribution in [0, 0.1) is 5.82 Å². The average Bonchev–Trinajstić information content (AvgIpc) is 2.88. The Morgan fingerprint density at radius 1 is 1.10 bits per heavy atom. The maximum absolute atomic E-state index is 13.3. The summed E-state index contributed by atoms with van der Waals surface area (Å²) >= 11 is 0. The number of furan rings is 1. The van der Waals surface area contributed by atoms with Crippen LogP contribution in [0.3, 0.4) is 0 Å². The van der Waals surface area contributed by atoms with Crippen LogP contribution >= 0.6 is 0 Å². The zero-order valence-corrected chi connectivity index (χ0v) is 11.3. The fraction of sp³-hybridized carbons (Fsp3) is 0.176. The summed E-state index contributed by atoms with van der Waals surface area (Å²) in [4.78, 5) is 0. The lowest BCUT2D eigenvalue weighted by Crippen LogP contribution is -2.21. The second-order valence-electron chi connectivity index (χ2n) is 4.73. The van der Waals surface area contributed by atoms with E-state index in [0.29, 0.717) is 5.58 Å². The van der Waals surface area contributed by atoms with Crippen molar-refractivity contribution in [1.29, 1.82) is 0 Å². The van der Waals surface area contributed by atoms with Gasteiger partial charge in [-0.05, 0) is 36.4 Å². The molecule has 0 saturated heterocycles. The van der Waals surface area contributed by atoms with Crippen LogP contribution in [-0.2, 0) is 0 Å². The second kappa shape index (κ2) is 5.47. The Morgan fingerprint density at radius 2 is 1.90 bits per heavy atom. The Balaban J connectivity index is 2.05. The molecule has 1 heterocycles. The number of hydrogen-bond donors (Lipinski definition) is 1. The van der Waals surface area contributed by atoms with E-state index in [1.807, 2.05) is 24.3 Å². The standard InChI is InChI=1S/C17H16FNO/c1-2-19-17(12-6-4-3-5-7-12)16-11-13-10-14(18)8-9-15(13)20-16/h3-11,17,19H,2H2,1H3. The normalized spacial score (nSPS) is 12.7. The van der Waals surface area contributed by atoms with Crippen molar-refractivity contribution in [3.63, 3.8) is 0 Å². The van der Waals surface area contributed by atoms with Gasteiger partial charge in [0.25, 0.3) is 0 Å². The van der Waals surface area contributed by atoms with Gasteiger partial charge >= 0.3 is 0 Å². The number of nitrogens with one attached hydrogen (secondary N) is 1. The summed E-state index contributed by atoms with van der Waals surface area (Å²) in [5, 5.41) is 4.19. The Bertz CT molecular complexity index is 705. The van der Waals surface area contributed by atoms with Gasteiger partial charge in [-0.25, -0.2) is 4.39 Å². The molecule has 102 valence electrons. The third-order valence-corrected chi connectivity index (χ3v) is 3.32. The highest BCUT2D eigenvalue weighted by Gasteiger charge is 2.17. The smallest absolute Gasteiger partial charge is 0.134 e. The third-order valence-electron chi connectivity index (χ3n) is 3.32. The maximum atomic E-state index is 13.3. The van der Waals surface area contributed by atoms with Gasteiger partial charge in [-0.3, -0.25) is 0 Å². The molecule has 0 aliphatic rings. The van der Waals surface area contributed by atoms with Crippen molar-refractivity contribution in [2.75, 3.05) is 6.54 Å². The van der Waals surface area contributed by atoms with Crippen LogP contribution in [0.5, 0.6) is 0 Å². The SMILES string of the molecule is CCNC(c1ccccc1)c1cc2cc(F)ccc2o1. The van der Waals surface area contributed by atoms with Crippen LogP contribution in [0.15, 0.2) is 59.0 Å². The monoisotopic (exact) mass is 269 g/mol. The Hall–Kier alpha value is -2.13. The van der Waals surface area contributed by atoms with Crippen molar-refractivity contribution >= 4 is 11.0 Å². The Kier molecular flexibility index (Phi) is 3.52. The first-order chi connectivity index (χ1) is 9.78. The van der Waals surface area contributed by atoms with Crippen LogP contribution in [0.25, 0.3) is 11.0 Å². The van der Waals surface area contributed by atoms with Crippen LogP contribution in [0.1, 0.15) is 24.3 Å². The number of rotatable bonds is 4. The highest BCUT2D eigenvalue weighted by Crippen LogP contribution is 2.28. The van der Waals surface area contributed by atoms with Gasteiger partial charge < -0.3 is 9.73 Å². The second-order valence-corrected chi connectivity index (χ2v) is 4.73. The zero-order chi connectivity index (χ0) is 13.9. The predicted molar refractivity (Wildman–Crippen MR) is 78.1 cm³/mol. The van der Waals surface area contributed by atoms with Gasteiger partial charge in [-0.2, -0.15) is 0 Å². The highest BCUT2D eigenvalue weighted by molar-refractivity contribution is 5.78. The molecular formula is C17H16FNO. The molecule has 1 atom stereocenters. The number of benzene rings is 2. The molecule has 3 rings (SSSR count). The lowest BCUT2D eigenvalue weighted by Gasteiger charge is -2.15. The van der Waals surface area contributed by atoms with Gasteiger partial charge in [-0.1, -0.05) is 37.3 Å². The number of halogens is 1. The van der Waals surface area contributed by atoms with E-state index < -0.39 is 0 Å². The summed E-state index contributed by atoms with van der Waals surface area (Å²) in [6.07, 6.45) is 0. The minimum atomic E-state index is -0.246. The number of hydrogen-bond acceptors (Lipinski definition) is 2. The summed E-state index contributed by atoms with van der Waals surface area (Å²) in [6, 6.07) is 16.6. The summed E-state index contributed by atoms with van der Waals surface area (Å²) in [7, 11) is 0. The lowest BCUT2D eigenvalue weighted by molar-refractivity contribution is 0.477. The summed E-state index contributed by atoms with van der Waals surface area (Å²) in [5.74, 6) is 0.559. The Labute approximate surface area is 117 Å². The molecule has 0 aliphatic carbocycles. The van der Waals surface area contributed by atoms with E-state index in [9.17, 15) is 4.39 Å². The maximum Gasteiger partial charge on any atom is 0.134 e. The van der Waals surface area contributed by atoms with Crippen molar-refractivity contribution in [2.45, 2.75) is 13.0 Å². The predicted octanol–water partition coefficient (Wildman–Crippen LogP) is 4.27. The van der Waals surface area contributed by atoms with Crippen LogP contribution in [0.2, 0.25) is 0 Å². The fourth-order valence-corrected chi connectivity index (χ4v) is 2.41. The van der Waals surface area contributed by atoms with E-state index in [1.54, 1.807) is 6.07 Å². The molecular weight excluding hydrogens is 253 g/mol. The minimum absolute atomic E-state index is 0.0170. The molecule has 3 heteroatoms. The van der Waals surface area contributed by atoms with E-state index in [2.05, 4.69) is 24.4 Å². The highest BCUT2D eigenvalue weighted by atomic mass is 19.1. The summed E-state index contributed by atoms with van der Waals surface area (Å²) < 4.78 is 19.1. The van der Waals surface area contributed by atoms with Gasteiger partial charge in [0.15, 0.2) is 0 Å². The molecule has 1 N–H and O–H groups in total. The molecule has 0 fully saturated rings. The molecule has 1 unspecified atom stereocenters. The number of fused-ring (bicyclic) bond motifs is 1. The molecule has 1 aromatic heterocycles. The van der Waals surface area contributed by atoms with Crippen molar-refractivity contribution < 1.29 is 8.81 Å². The largest absolute Gasteiger partial charge is 0.459 e. The van der Waals surface area contributed by atoms with E-state index in [-0.39, 0.29) is 11.9 Å². The van der Waals surface area contributed by atoms with Gasteiger partial charge in [0.05, 0.1) is 6.04 Å². The minimum Gasteiger partial charge on any atom is -0.459 e. The summed E-state index contributed by atoms with van der Waals surface area (Å²) in [6.45, 7) is 2.88. The van der Waals surface area contributed by atoms with Gasteiger partial charge in [0.2, 0.25) is 0 Å². The van der Waals surface area contributed by atoms with Crippen LogP contribution < -0.4 is 5.32 Å². The van der Waals surface area contributed by atoms with E-state index in [4.69, 9.17) is 4.42 Å². The zero-order valence-electron chi connectivity index (χ0n) is 11.3. The topological polar surface area (TPSA) is 25.2 Å². The first-order valence-corrected chi connectivity index (χ1v) is 6.75. The van der Waals surface area contributed by atoms with E-state index >= 15 is 0 Å². The molecule has 0 amide bonds. The molecule has 0 bridgehead atoms. The van der Waals surface area contributed by atoms with Crippen LogP contribution in [-0.4, -0.2) is 6.54 Å². The Morgan fingerprint density at radius 3 is 2.65 bits per heavy atom. The van der Waals surface area contributed by atoms with Crippen molar-refractivity contribution in [3.8, 4) is 0 Å². The molecule has 2 nitrogen and oxygen atoms in total. The quantitative estimate of drug-likeness (QED) is 0.765. The molecule has 0 spiro atoms. The fourth-order valence-electron chi connectivity index (χ4n) is 2.41.